The van der Waals surface area contributed by atoms with Gasteiger partial charge in [-0.3, -0.25) is 0 Å². The number of ether oxygens (including phenoxy) is 1. The molecule has 162 valence electrons. The van der Waals surface area contributed by atoms with Crippen molar-refractivity contribution in [1.82, 2.24) is 0 Å². The number of nitrogens with zero attached hydrogens (tertiary/aromatic N) is 1. The molecule has 0 bridgehead atoms. The lowest BCUT2D eigenvalue weighted by molar-refractivity contribution is -0.231. The summed E-state index contributed by atoms with van der Waals surface area (Å²) in [5.41, 5.74) is 5.71. The Morgan fingerprint density at radius 1 is 1.03 bits per heavy atom. The highest BCUT2D eigenvalue weighted by Gasteiger charge is 2.43. The minimum Gasteiger partial charge on any atom is -0.399 e. The maximum absolute atomic E-state index is 10.4. The van der Waals surface area contributed by atoms with Crippen LogP contribution in [0.25, 0.3) is 0 Å². The zero-order valence-electron chi connectivity index (χ0n) is 17.4. The highest BCUT2D eigenvalue weighted by Crippen LogP contribution is 2.33. The van der Waals surface area contributed by atoms with Crippen LogP contribution in [-0.2, 0) is 16.0 Å². The van der Waals surface area contributed by atoms with Crippen molar-refractivity contribution in [2.24, 2.45) is 5.16 Å². The van der Waals surface area contributed by atoms with E-state index in [1.807, 2.05) is 56.3 Å². The molecule has 7 nitrogen and oxygen atoms in total. The van der Waals surface area contributed by atoms with Crippen molar-refractivity contribution >= 4 is 5.71 Å². The van der Waals surface area contributed by atoms with E-state index < -0.39 is 37.1 Å². The Kier molecular flexibility index (Phi) is 7.23. The second kappa shape index (κ2) is 9.68. The molecule has 7 heteroatoms. The first kappa shape index (κ1) is 22.4. The first-order valence-corrected chi connectivity index (χ1v) is 9.92. The van der Waals surface area contributed by atoms with Crippen molar-refractivity contribution in [2.75, 3.05) is 13.7 Å². The molecule has 30 heavy (non-hydrogen) atoms. The molecule has 1 aliphatic rings. The molecule has 1 saturated heterocycles. The molecule has 4 N–H and O–H groups in total. The molecular weight excluding hydrogens is 386 g/mol. The molecule has 1 fully saturated rings. The van der Waals surface area contributed by atoms with E-state index in [9.17, 15) is 20.4 Å². The highest BCUT2D eigenvalue weighted by atomic mass is 16.6. The Morgan fingerprint density at radius 2 is 1.73 bits per heavy atom. The average Bonchev–Trinajstić information content (AvgIpc) is 2.75. The Balaban J connectivity index is 1.82. The number of hydrogen-bond donors (Lipinski definition) is 4. The molecule has 2 aromatic rings. The minimum absolute atomic E-state index is 0.446. The number of aliphatic hydroxyl groups is 4. The molecule has 0 aliphatic carbocycles. The van der Waals surface area contributed by atoms with E-state index in [4.69, 9.17) is 9.57 Å². The van der Waals surface area contributed by atoms with Gasteiger partial charge in [-0.25, -0.2) is 0 Å². The summed E-state index contributed by atoms with van der Waals surface area (Å²) in [6.45, 7) is 3.45. The number of oxime groups is 1. The molecule has 0 amide bonds. The summed E-state index contributed by atoms with van der Waals surface area (Å²) in [5.74, 6) is 0. The fraction of sp³-hybridized carbons (Fsp3) is 0.435. The Labute approximate surface area is 176 Å². The van der Waals surface area contributed by atoms with Gasteiger partial charge in [-0.15, -0.1) is 0 Å². The summed E-state index contributed by atoms with van der Waals surface area (Å²) in [7, 11) is 1.52. The molecule has 0 spiro atoms. The van der Waals surface area contributed by atoms with Gasteiger partial charge < -0.3 is 30.0 Å². The van der Waals surface area contributed by atoms with Gasteiger partial charge in [0.1, 0.15) is 37.6 Å². The van der Waals surface area contributed by atoms with Crippen LogP contribution in [0.1, 0.15) is 40.8 Å². The standard InChI is InChI=1S/C23H29NO6/c1-13-4-7-17(23-22(28)21(27)20(26)19(12-25)30-23)11-18(13)10-15-5-8-16(9-6-15)14(2)24-29-3/h4-9,11,19-23,25-28H,10,12H2,1-3H3/b24-14+/t19?,20-,21?,22-,23+/m1/s1. The summed E-state index contributed by atoms with van der Waals surface area (Å²) in [4.78, 5) is 4.82. The van der Waals surface area contributed by atoms with Gasteiger partial charge >= 0.3 is 0 Å². The van der Waals surface area contributed by atoms with Crippen LogP contribution in [-0.4, -0.2) is 64.3 Å². The maximum Gasteiger partial charge on any atom is 0.113 e. The van der Waals surface area contributed by atoms with Crippen molar-refractivity contribution in [3.8, 4) is 0 Å². The zero-order chi connectivity index (χ0) is 21.8. The van der Waals surface area contributed by atoms with Crippen molar-refractivity contribution in [3.05, 3.63) is 70.3 Å². The SMILES string of the molecule is CO/N=C(\C)c1ccc(Cc2cc([C@@H]3OC(CO)[C@@H](O)C(O)[C@H]3O)ccc2C)cc1. The Morgan fingerprint density at radius 3 is 2.37 bits per heavy atom. The van der Waals surface area contributed by atoms with Gasteiger partial charge in [0.15, 0.2) is 0 Å². The van der Waals surface area contributed by atoms with Crippen molar-refractivity contribution < 1.29 is 30.0 Å². The molecule has 2 aromatic carbocycles. The zero-order valence-corrected chi connectivity index (χ0v) is 17.4. The molecular formula is C23H29NO6. The van der Waals surface area contributed by atoms with Crippen LogP contribution in [0.2, 0.25) is 0 Å². The van der Waals surface area contributed by atoms with Crippen LogP contribution in [0.3, 0.4) is 0 Å². The maximum atomic E-state index is 10.4. The number of hydrogen-bond acceptors (Lipinski definition) is 7. The molecule has 1 heterocycles. The van der Waals surface area contributed by atoms with Crippen LogP contribution in [0.15, 0.2) is 47.6 Å². The largest absolute Gasteiger partial charge is 0.399 e. The van der Waals surface area contributed by atoms with E-state index in [0.29, 0.717) is 12.0 Å². The predicted molar refractivity (Wildman–Crippen MR) is 112 cm³/mol. The molecule has 3 rings (SSSR count). The van der Waals surface area contributed by atoms with Crippen molar-refractivity contribution in [1.29, 1.82) is 0 Å². The quantitative estimate of drug-likeness (QED) is 0.420. The van der Waals surface area contributed by atoms with E-state index in [2.05, 4.69) is 5.16 Å². The van der Waals surface area contributed by atoms with Gasteiger partial charge in [0, 0.05) is 0 Å². The molecule has 2 unspecified atom stereocenters. The van der Waals surface area contributed by atoms with E-state index in [0.717, 1.165) is 28.0 Å². The lowest BCUT2D eigenvalue weighted by Crippen LogP contribution is -2.55. The predicted octanol–water partition coefficient (Wildman–Crippen LogP) is 1.47. The van der Waals surface area contributed by atoms with Gasteiger partial charge in [-0.2, -0.15) is 0 Å². The summed E-state index contributed by atoms with van der Waals surface area (Å²) >= 11 is 0. The normalized spacial score (nSPS) is 27.2. The van der Waals surface area contributed by atoms with Gasteiger partial charge in [0.05, 0.1) is 12.3 Å². The number of benzene rings is 2. The van der Waals surface area contributed by atoms with Crippen LogP contribution in [0, 0.1) is 6.92 Å². The molecule has 0 saturated carbocycles. The van der Waals surface area contributed by atoms with E-state index in [1.165, 1.54) is 7.11 Å². The molecule has 0 aromatic heterocycles. The Hall–Kier alpha value is -2.29. The number of aliphatic hydroxyl groups excluding tert-OH is 4. The summed E-state index contributed by atoms with van der Waals surface area (Å²) in [5, 5.41) is 43.9. The molecule has 5 atom stereocenters. The van der Waals surface area contributed by atoms with E-state index in [1.54, 1.807) is 0 Å². The van der Waals surface area contributed by atoms with Crippen LogP contribution in [0.4, 0.5) is 0 Å². The van der Waals surface area contributed by atoms with Crippen LogP contribution < -0.4 is 0 Å². The van der Waals surface area contributed by atoms with Crippen molar-refractivity contribution in [3.63, 3.8) is 0 Å². The van der Waals surface area contributed by atoms with E-state index in [-0.39, 0.29) is 0 Å². The third-order valence-corrected chi connectivity index (χ3v) is 5.59. The average molecular weight is 415 g/mol. The van der Waals surface area contributed by atoms with Gasteiger partial charge in [0.25, 0.3) is 0 Å². The molecule has 1 aliphatic heterocycles. The lowest BCUT2D eigenvalue weighted by atomic mass is 9.89. The third-order valence-electron chi connectivity index (χ3n) is 5.59. The van der Waals surface area contributed by atoms with E-state index >= 15 is 0 Å². The monoisotopic (exact) mass is 415 g/mol. The summed E-state index contributed by atoms with van der Waals surface area (Å²) in [6.07, 6.45) is -5.14. The summed E-state index contributed by atoms with van der Waals surface area (Å²) < 4.78 is 5.69. The third kappa shape index (κ3) is 4.71. The Bertz CT molecular complexity index is 880. The smallest absolute Gasteiger partial charge is 0.113 e. The molecule has 0 radical (unpaired) electrons. The fourth-order valence-corrected chi connectivity index (χ4v) is 3.71. The first-order valence-electron chi connectivity index (χ1n) is 9.92. The van der Waals surface area contributed by atoms with Gasteiger partial charge in [-0.1, -0.05) is 47.6 Å². The number of rotatable bonds is 6. The van der Waals surface area contributed by atoms with Crippen LogP contribution in [0.5, 0.6) is 0 Å². The topological polar surface area (TPSA) is 112 Å². The second-order valence-corrected chi connectivity index (χ2v) is 7.67. The number of aryl methyl sites for hydroxylation is 1. The summed E-state index contributed by atoms with van der Waals surface area (Å²) in [6, 6.07) is 13.8. The van der Waals surface area contributed by atoms with Gasteiger partial charge in [0.2, 0.25) is 0 Å². The van der Waals surface area contributed by atoms with Crippen LogP contribution >= 0.6 is 0 Å². The fourth-order valence-electron chi connectivity index (χ4n) is 3.71. The highest BCUT2D eigenvalue weighted by molar-refractivity contribution is 5.98. The second-order valence-electron chi connectivity index (χ2n) is 7.67. The lowest BCUT2D eigenvalue weighted by Gasteiger charge is -2.40. The first-order chi connectivity index (χ1) is 14.3. The van der Waals surface area contributed by atoms with Crippen molar-refractivity contribution in [2.45, 2.75) is 50.8 Å². The minimum atomic E-state index is -1.39. The van der Waals surface area contributed by atoms with Gasteiger partial charge in [-0.05, 0) is 48.1 Å².